The Bertz CT molecular complexity index is 1500. The maximum atomic E-state index is 12.6. The Morgan fingerprint density at radius 1 is 1.00 bits per heavy atom. The number of quaternary nitrogens is 1. The molecule has 0 atom stereocenters. The van der Waals surface area contributed by atoms with E-state index < -0.39 is 0 Å². The number of hydrogen-bond acceptors (Lipinski definition) is 6. The van der Waals surface area contributed by atoms with Crippen molar-refractivity contribution in [2.24, 2.45) is 0 Å². The van der Waals surface area contributed by atoms with Crippen LogP contribution in [0.1, 0.15) is 51.9 Å². The minimum atomic E-state index is -0.113. The predicted molar refractivity (Wildman–Crippen MR) is 168 cm³/mol. The van der Waals surface area contributed by atoms with Gasteiger partial charge in [0.05, 0.1) is 44.8 Å². The third-order valence-corrected chi connectivity index (χ3v) is 9.11. The minimum absolute atomic E-state index is 0. The fraction of sp³-hybridized carbons (Fsp3) is 0.455. The summed E-state index contributed by atoms with van der Waals surface area (Å²) in [7, 11) is 0. The summed E-state index contributed by atoms with van der Waals surface area (Å²) in [6, 6.07) is 17.9. The van der Waals surface area contributed by atoms with Crippen LogP contribution in [-0.4, -0.2) is 61.5 Å². The number of rotatable bonds is 14. The van der Waals surface area contributed by atoms with Crippen LogP contribution in [0, 0.1) is 0 Å². The lowest BCUT2D eigenvalue weighted by atomic mass is 10.1. The summed E-state index contributed by atoms with van der Waals surface area (Å²) in [5.41, 5.74) is 1.98. The van der Waals surface area contributed by atoms with Gasteiger partial charge in [-0.05, 0) is 66.4 Å². The molecule has 1 N–H and O–H groups in total. The van der Waals surface area contributed by atoms with Crippen molar-refractivity contribution in [3.8, 4) is 5.75 Å². The standard InChI is InChI=1S/C33H41N3O4S.ClH/c1-2-3-4-5-11-33(38)40-25-36(20-17-35(18-21-36)30-9-8-10-31-28(30)16-23-41-31)19-6-7-22-39-27-14-12-26-13-15-32(37)34-29(26)24-27;/h8-10,12-16,23-24H,2-7,11,17-22,25H2,1H3;1H. The largest absolute Gasteiger partial charge is 1.00 e. The first-order chi connectivity index (χ1) is 20.0. The number of halogens is 1. The van der Waals surface area contributed by atoms with Crippen LogP contribution in [0.4, 0.5) is 5.69 Å². The van der Waals surface area contributed by atoms with E-state index >= 15 is 0 Å². The molecule has 1 aliphatic heterocycles. The number of benzene rings is 2. The van der Waals surface area contributed by atoms with Crippen LogP contribution in [0.25, 0.3) is 21.0 Å². The van der Waals surface area contributed by atoms with Gasteiger partial charge in [-0.25, -0.2) is 0 Å². The lowest BCUT2D eigenvalue weighted by Gasteiger charge is -2.45. The highest BCUT2D eigenvalue weighted by molar-refractivity contribution is 7.17. The Morgan fingerprint density at radius 3 is 2.67 bits per heavy atom. The molecule has 2 aromatic carbocycles. The second-order valence-electron chi connectivity index (χ2n) is 11.2. The number of aromatic amines is 1. The molecule has 1 saturated heterocycles. The van der Waals surface area contributed by atoms with Crippen LogP contribution >= 0.6 is 11.3 Å². The normalized spacial score (nSPS) is 14.5. The number of anilines is 1. The van der Waals surface area contributed by atoms with Crippen LogP contribution in [0.15, 0.2) is 64.8 Å². The number of unbranched alkanes of at least 4 members (excludes halogenated alkanes) is 4. The van der Waals surface area contributed by atoms with E-state index in [2.05, 4.69) is 46.5 Å². The number of piperazine rings is 1. The molecule has 226 valence electrons. The number of nitrogens with zero attached hydrogens (tertiary/aromatic N) is 2. The first-order valence-electron chi connectivity index (χ1n) is 15.0. The molecular weight excluding hydrogens is 570 g/mol. The lowest BCUT2D eigenvalue weighted by molar-refractivity contribution is -0.944. The topological polar surface area (TPSA) is 71.6 Å². The van der Waals surface area contributed by atoms with E-state index in [1.165, 1.54) is 28.3 Å². The van der Waals surface area contributed by atoms with Crippen molar-refractivity contribution in [2.45, 2.75) is 51.9 Å². The number of carbonyl (C=O) groups excluding carboxylic acids is 1. The van der Waals surface area contributed by atoms with Crippen LogP contribution in [-0.2, 0) is 9.53 Å². The van der Waals surface area contributed by atoms with E-state index in [-0.39, 0.29) is 23.9 Å². The van der Waals surface area contributed by atoms with Gasteiger partial charge in [0, 0.05) is 34.3 Å². The summed E-state index contributed by atoms with van der Waals surface area (Å²) in [4.78, 5) is 29.6. The van der Waals surface area contributed by atoms with E-state index in [0.717, 1.165) is 86.0 Å². The Balaban J connectivity index is 0.00000405. The fourth-order valence-corrected chi connectivity index (χ4v) is 6.54. The van der Waals surface area contributed by atoms with Gasteiger partial charge in [-0.1, -0.05) is 32.3 Å². The fourth-order valence-electron chi connectivity index (χ4n) is 5.74. The van der Waals surface area contributed by atoms with Crippen LogP contribution in [0.2, 0.25) is 0 Å². The second kappa shape index (κ2) is 15.4. The smallest absolute Gasteiger partial charge is 0.310 e. The molecule has 0 aliphatic carbocycles. The molecule has 0 radical (unpaired) electrons. The zero-order valence-corrected chi connectivity index (χ0v) is 26.1. The minimum Gasteiger partial charge on any atom is -1.00 e. The van der Waals surface area contributed by atoms with Gasteiger partial charge in [-0.2, -0.15) is 0 Å². The number of pyridine rings is 1. The van der Waals surface area contributed by atoms with Crippen molar-refractivity contribution in [2.75, 3.05) is 51.0 Å². The van der Waals surface area contributed by atoms with Gasteiger partial charge < -0.3 is 31.8 Å². The molecular formula is C33H42ClN3O4S. The van der Waals surface area contributed by atoms with Crippen molar-refractivity contribution in [3.05, 3.63) is 70.3 Å². The predicted octanol–water partition coefficient (Wildman–Crippen LogP) is 3.71. The number of aromatic nitrogens is 1. The number of esters is 1. The molecule has 0 saturated carbocycles. The zero-order chi connectivity index (χ0) is 28.5. The molecule has 1 aliphatic rings. The molecule has 0 amide bonds. The van der Waals surface area contributed by atoms with E-state index in [9.17, 15) is 9.59 Å². The van der Waals surface area contributed by atoms with Crippen molar-refractivity contribution < 1.29 is 31.2 Å². The second-order valence-corrected chi connectivity index (χ2v) is 12.1. The van der Waals surface area contributed by atoms with Crippen LogP contribution in [0.3, 0.4) is 0 Å². The summed E-state index contributed by atoms with van der Waals surface area (Å²) >= 11 is 1.79. The van der Waals surface area contributed by atoms with Crippen molar-refractivity contribution >= 4 is 44.0 Å². The molecule has 0 unspecified atom stereocenters. The Labute approximate surface area is 258 Å². The zero-order valence-electron chi connectivity index (χ0n) is 24.5. The first kappa shape index (κ1) is 31.9. The third kappa shape index (κ3) is 8.27. The van der Waals surface area contributed by atoms with Gasteiger partial charge in [0.15, 0.2) is 0 Å². The van der Waals surface area contributed by atoms with Gasteiger partial charge in [0.1, 0.15) is 5.75 Å². The number of nitrogens with one attached hydrogen (secondary N) is 1. The monoisotopic (exact) mass is 611 g/mol. The average molecular weight is 612 g/mol. The number of H-pyrrole nitrogens is 1. The average Bonchev–Trinajstić information content (AvgIpc) is 3.48. The highest BCUT2D eigenvalue weighted by Gasteiger charge is 2.34. The Hall–Kier alpha value is -3.07. The van der Waals surface area contributed by atoms with Crippen molar-refractivity contribution in [1.82, 2.24) is 4.98 Å². The molecule has 3 heterocycles. The molecule has 9 heteroatoms. The molecule has 1 fully saturated rings. The quantitative estimate of drug-likeness (QED) is 0.134. The van der Waals surface area contributed by atoms with Crippen molar-refractivity contribution in [1.29, 1.82) is 0 Å². The maximum absolute atomic E-state index is 12.6. The molecule has 2 aromatic heterocycles. The summed E-state index contributed by atoms with van der Waals surface area (Å²) in [5, 5.41) is 4.47. The number of hydrogen-bond donors (Lipinski definition) is 1. The van der Waals surface area contributed by atoms with Gasteiger partial charge in [-0.3, -0.25) is 14.1 Å². The summed E-state index contributed by atoms with van der Waals surface area (Å²) in [6.45, 7) is 7.95. The van der Waals surface area contributed by atoms with Crippen LogP contribution in [0.5, 0.6) is 5.75 Å². The maximum Gasteiger partial charge on any atom is 0.310 e. The SMILES string of the molecule is CCCCCCC(=O)OC[N+]1(CCCCOc2ccc3ccc(=O)[nH]c3c2)CCN(c2cccc3sccc23)CC1.[Cl-]. The van der Waals surface area contributed by atoms with Gasteiger partial charge in [-0.15, -0.1) is 11.3 Å². The molecule has 0 bridgehead atoms. The molecule has 5 rings (SSSR count). The van der Waals surface area contributed by atoms with E-state index in [0.29, 0.717) is 19.8 Å². The summed E-state index contributed by atoms with van der Waals surface area (Å²) in [6.07, 6.45) is 6.73. The lowest BCUT2D eigenvalue weighted by Crippen LogP contribution is -3.00. The third-order valence-electron chi connectivity index (χ3n) is 8.23. The molecule has 0 spiro atoms. The number of carbonyl (C=O) groups is 1. The highest BCUT2D eigenvalue weighted by Crippen LogP contribution is 2.32. The number of fused-ring (bicyclic) bond motifs is 2. The van der Waals surface area contributed by atoms with E-state index in [1.807, 2.05) is 24.3 Å². The summed E-state index contributed by atoms with van der Waals surface area (Å²) < 4.78 is 14.0. The molecule has 7 nitrogen and oxygen atoms in total. The summed E-state index contributed by atoms with van der Waals surface area (Å²) in [5.74, 6) is 0.693. The molecule has 42 heavy (non-hydrogen) atoms. The van der Waals surface area contributed by atoms with E-state index in [4.69, 9.17) is 9.47 Å². The van der Waals surface area contributed by atoms with Crippen molar-refractivity contribution in [3.63, 3.8) is 0 Å². The highest BCUT2D eigenvalue weighted by atomic mass is 35.5. The Morgan fingerprint density at radius 2 is 1.83 bits per heavy atom. The molecule has 4 aromatic rings. The first-order valence-corrected chi connectivity index (χ1v) is 15.9. The van der Waals surface area contributed by atoms with Gasteiger partial charge >= 0.3 is 5.97 Å². The number of ether oxygens (including phenoxy) is 2. The van der Waals surface area contributed by atoms with Crippen LogP contribution < -0.4 is 27.6 Å². The Kier molecular flexibility index (Phi) is 11.7. The number of thiophene rings is 1. The van der Waals surface area contributed by atoms with Gasteiger partial charge in [0.2, 0.25) is 12.3 Å². The van der Waals surface area contributed by atoms with Gasteiger partial charge in [0.25, 0.3) is 0 Å². The van der Waals surface area contributed by atoms with E-state index in [1.54, 1.807) is 11.3 Å².